The molecule has 1 rings (SSSR count). The third-order valence-electron chi connectivity index (χ3n) is 1.55. The monoisotopic (exact) mass is 126 g/mol. The summed E-state index contributed by atoms with van der Waals surface area (Å²) in [5, 5.41) is 0. The molecular weight excluding hydrogens is 112 g/mol. The molecular formula is C7H14N2+2. The van der Waals surface area contributed by atoms with Crippen molar-refractivity contribution in [2.24, 2.45) is 0 Å². The first-order valence-electron chi connectivity index (χ1n) is 3.17. The summed E-state index contributed by atoms with van der Waals surface area (Å²) in [6.07, 6.45) is 6.45. The molecule has 1 aliphatic heterocycles. The lowest BCUT2D eigenvalue weighted by molar-refractivity contribution is -0.836. The molecule has 1 heterocycles. The van der Waals surface area contributed by atoms with E-state index in [-0.39, 0.29) is 0 Å². The predicted octanol–water partition coefficient (Wildman–Crippen LogP) is 0.261. The molecule has 0 unspecified atom stereocenters. The minimum Gasteiger partial charge on any atom is -0.289 e. The van der Waals surface area contributed by atoms with Gasteiger partial charge in [0.25, 0.3) is 0 Å². The van der Waals surface area contributed by atoms with E-state index in [9.17, 15) is 0 Å². The van der Waals surface area contributed by atoms with Crippen molar-refractivity contribution in [3.05, 3.63) is 12.4 Å². The van der Waals surface area contributed by atoms with Gasteiger partial charge in [-0.05, 0) is 0 Å². The van der Waals surface area contributed by atoms with Crippen LogP contribution in [0.1, 0.15) is 0 Å². The number of quaternary nitrogens is 1. The highest BCUT2D eigenvalue weighted by Crippen LogP contribution is 1.99. The fourth-order valence-corrected chi connectivity index (χ4v) is 0.747. The van der Waals surface area contributed by atoms with Gasteiger partial charge in [-0.15, -0.1) is 0 Å². The van der Waals surface area contributed by atoms with Gasteiger partial charge in [0, 0.05) is 0 Å². The van der Waals surface area contributed by atoms with Crippen LogP contribution in [0.2, 0.25) is 0 Å². The van der Waals surface area contributed by atoms with Gasteiger partial charge in [0.2, 0.25) is 12.4 Å². The van der Waals surface area contributed by atoms with E-state index in [0.29, 0.717) is 0 Å². The topological polar surface area (TPSA) is 3.01 Å². The second kappa shape index (κ2) is 1.95. The predicted molar refractivity (Wildman–Crippen MR) is 38.4 cm³/mol. The molecule has 0 saturated carbocycles. The van der Waals surface area contributed by atoms with Crippen LogP contribution >= 0.6 is 0 Å². The maximum atomic E-state index is 2.18. The Balaban J connectivity index is 2.70. The number of rotatable bonds is 0. The summed E-state index contributed by atoms with van der Waals surface area (Å²) in [4.78, 5) is 0. The number of hydrogen-bond donors (Lipinski definition) is 0. The molecule has 0 aromatic carbocycles. The van der Waals surface area contributed by atoms with Gasteiger partial charge in [-0.25, -0.2) is 4.58 Å². The zero-order valence-electron chi connectivity index (χ0n) is 6.33. The minimum atomic E-state index is 0.963. The van der Waals surface area contributed by atoms with Crippen molar-refractivity contribution in [2.45, 2.75) is 0 Å². The molecule has 0 fully saturated rings. The van der Waals surface area contributed by atoms with Crippen LogP contribution < -0.4 is 0 Å². The first-order valence-corrected chi connectivity index (χ1v) is 3.17. The van der Waals surface area contributed by atoms with Gasteiger partial charge in [-0.3, -0.25) is 4.48 Å². The Morgan fingerprint density at radius 3 is 2.44 bits per heavy atom. The van der Waals surface area contributed by atoms with Gasteiger partial charge >= 0.3 is 0 Å². The summed E-state index contributed by atoms with van der Waals surface area (Å²) < 4.78 is 3.05. The van der Waals surface area contributed by atoms with Crippen LogP contribution in [0.25, 0.3) is 0 Å². The molecule has 2 nitrogen and oxygen atoms in total. The summed E-state index contributed by atoms with van der Waals surface area (Å²) in [6, 6.07) is 0. The van der Waals surface area contributed by atoms with Crippen LogP contribution in [-0.4, -0.2) is 43.0 Å². The maximum absolute atomic E-state index is 2.18. The van der Waals surface area contributed by atoms with E-state index >= 15 is 0 Å². The molecule has 0 saturated heterocycles. The highest BCUT2D eigenvalue weighted by Gasteiger charge is 2.16. The average molecular weight is 126 g/mol. The largest absolute Gasteiger partial charge is 0.289 e. The zero-order valence-corrected chi connectivity index (χ0v) is 6.33. The second-order valence-corrected chi connectivity index (χ2v) is 3.11. The fourth-order valence-electron chi connectivity index (χ4n) is 0.747. The van der Waals surface area contributed by atoms with Crippen LogP contribution in [0, 0.1) is 0 Å². The van der Waals surface area contributed by atoms with Crippen LogP contribution in [-0.2, 0) is 0 Å². The molecule has 0 aromatic rings. The van der Waals surface area contributed by atoms with Crippen LogP contribution in [0.3, 0.4) is 0 Å². The SMILES string of the molecule is C[N+]1=CC[N+](C)(C)C=C1. The van der Waals surface area contributed by atoms with Gasteiger partial charge in [-0.1, -0.05) is 0 Å². The van der Waals surface area contributed by atoms with Crippen molar-refractivity contribution in [3.8, 4) is 0 Å². The number of hydrogen-bond acceptors (Lipinski definition) is 0. The molecule has 2 heteroatoms. The zero-order chi connectivity index (χ0) is 6.91. The standard InChI is InChI=1S/C7H14N2/c1-8-4-6-9(2,3)7-5-8/h4-6H,7H2,1-3H3/q+2. The molecule has 50 valence electrons. The quantitative estimate of drug-likeness (QED) is 0.323. The van der Waals surface area contributed by atoms with Crippen molar-refractivity contribution >= 4 is 6.21 Å². The maximum Gasteiger partial charge on any atom is 0.222 e. The smallest absolute Gasteiger partial charge is 0.222 e. The van der Waals surface area contributed by atoms with Crippen molar-refractivity contribution in [3.63, 3.8) is 0 Å². The van der Waals surface area contributed by atoms with E-state index in [2.05, 4.69) is 44.3 Å². The van der Waals surface area contributed by atoms with Crippen LogP contribution in [0.15, 0.2) is 12.4 Å². The summed E-state index contributed by atoms with van der Waals surface area (Å²) in [5.41, 5.74) is 0. The lowest BCUT2D eigenvalue weighted by atomic mass is 10.4. The lowest BCUT2D eigenvalue weighted by Gasteiger charge is -2.22. The summed E-state index contributed by atoms with van der Waals surface area (Å²) in [6.45, 7) is 1.09. The van der Waals surface area contributed by atoms with Crippen molar-refractivity contribution in [1.29, 1.82) is 0 Å². The van der Waals surface area contributed by atoms with Crippen LogP contribution in [0.4, 0.5) is 0 Å². The van der Waals surface area contributed by atoms with E-state index in [0.717, 1.165) is 11.0 Å². The third kappa shape index (κ3) is 1.64. The molecule has 0 atom stereocenters. The normalized spacial score (nSPS) is 23.7. The fraction of sp³-hybridized carbons (Fsp3) is 0.571. The van der Waals surface area contributed by atoms with Crippen molar-refractivity contribution in [1.82, 2.24) is 0 Å². The Morgan fingerprint density at radius 2 is 2.11 bits per heavy atom. The summed E-state index contributed by atoms with van der Waals surface area (Å²) in [5.74, 6) is 0. The van der Waals surface area contributed by atoms with Gasteiger partial charge in [-0.2, -0.15) is 0 Å². The van der Waals surface area contributed by atoms with Gasteiger partial charge < -0.3 is 0 Å². The van der Waals surface area contributed by atoms with Gasteiger partial charge in [0.15, 0.2) is 12.7 Å². The molecule has 0 amide bonds. The third-order valence-corrected chi connectivity index (χ3v) is 1.55. The van der Waals surface area contributed by atoms with Crippen molar-refractivity contribution < 1.29 is 9.06 Å². The molecule has 0 N–H and O–H groups in total. The van der Waals surface area contributed by atoms with E-state index in [1.807, 2.05) is 0 Å². The highest BCUT2D eigenvalue weighted by atomic mass is 15.3. The Bertz CT molecular complexity index is 166. The van der Waals surface area contributed by atoms with E-state index < -0.39 is 0 Å². The van der Waals surface area contributed by atoms with Crippen LogP contribution in [0.5, 0.6) is 0 Å². The Morgan fingerprint density at radius 1 is 1.44 bits per heavy atom. The van der Waals surface area contributed by atoms with Gasteiger partial charge in [0.05, 0.1) is 14.1 Å². The van der Waals surface area contributed by atoms with Crippen molar-refractivity contribution in [2.75, 3.05) is 27.7 Å². The van der Waals surface area contributed by atoms with Gasteiger partial charge in [0.1, 0.15) is 7.05 Å². The minimum absolute atomic E-state index is 0.963. The van der Waals surface area contributed by atoms with E-state index in [1.165, 1.54) is 0 Å². The highest BCUT2D eigenvalue weighted by molar-refractivity contribution is 5.53. The molecule has 0 radical (unpaired) electrons. The molecule has 0 aliphatic carbocycles. The molecule has 0 spiro atoms. The molecule has 0 aromatic heterocycles. The summed E-state index contributed by atoms with van der Waals surface area (Å²) >= 11 is 0. The summed E-state index contributed by atoms with van der Waals surface area (Å²) in [7, 11) is 6.41. The lowest BCUT2D eigenvalue weighted by Crippen LogP contribution is -2.38. The first kappa shape index (κ1) is 6.49. The Labute approximate surface area is 56.3 Å². The van der Waals surface area contributed by atoms with E-state index in [4.69, 9.17) is 0 Å². The molecule has 0 bridgehead atoms. The number of nitrogens with zero attached hydrogens (tertiary/aromatic N) is 2. The molecule has 9 heavy (non-hydrogen) atoms. The first-order chi connectivity index (χ1) is 4.10. The van der Waals surface area contributed by atoms with E-state index in [1.54, 1.807) is 0 Å². The Hall–Kier alpha value is -0.630. The second-order valence-electron chi connectivity index (χ2n) is 3.11. The Kier molecular flexibility index (Phi) is 1.41. The average Bonchev–Trinajstić information content (AvgIpc) is 1.78. The molecule has 1 aliphatic rings.